The lowest BCUT2D eigenvalue weighted by atomic mass is 9.83. The summed E-state index contributed by atoms with van der Waals surface area (Å²) in [6, 6.07) is 0. The molecule has 0 radical (unpaired) electrons. The van der Waals surface area contributed by atoms with E-state index in [1.165, 1.54) is 0 Å². The Hall–Kier alpha value is -0.680. The first-order valence-electron chi connectivity index (χ1n) is 5.86. The third-order valence-electron chi connectivity index (χ3n) is 3.22. The van der Waals surface area contributed by atoms with E-state index in [1.54, 1.807) is 11.3 Å². The highest BCUT2D eigenvalue weighted by Gasteiger charge is 2.25. The van der Waals surface area contributed by atoms with Crippen LogP contribution in [0.3, 0.4) is 0 Å². The lowest BCUT2D eigenvalue weighted by Crippen LogP contribution is -2.32. The third kappa shape index (κ3) is 3.15. The van der Waals surface area contributed by atoms with Crippen LogP contribution in [-0.4, -0.2) is 28.5 Å². The molecule has 0 fully saturated rings. The van der Waals surface area contributed by atoms with Gasteiger partial charge >= 0.3 is 0 Å². The van der Waals surface area contributed by atoms with Crippen LogP contribution in [0, 0.1) is 5.41 Å². The van der Waals surface area contributed by atoms with Crippen LogP contribution in [0.15, 0.2) is 0 Å². The van der Waals surface area contributed by atoms with Crippen LogP contribution in [0.2, 0.25) is 0 Å². The second kappa shape index (κ2) is 6.15. The molecule has 1 heterocycles. The number of anilines is 1. The van der Waals surface area contributed by atoms with Crippen molar-refractivity contribution >= 4 is 16.5 Å². The van der Waals surface area contributed by atoms with Crippen LogP contribution < -0.4 is 5.32 Å². The first kappa shape index (κ1) is 13.4. The summed E-state index contributed by atoms with van der Waals surface area (Å²) < 4.78 is 0. The van der Waals surface area contributed by atoms with Crippen molar-refractivity contribution in [3.63, 3.8) is 0 Å². The predicted molar refractivity (Wildman–Crippen MR) is 67.9 cm³/mol. The van der Waals surface area contributed by atoms with Gasteiger partial charge in [-0.15, -0.1) is 10.2 Å². The van der Waals surface area contributed by atoms with Gasteiger partial charge in [-0.05, 0) is 19.3 Å². The minimum absolute atomic E-state index is 0.0297. The maximum atomic E-state index is 9.43. The number of rotatable bonds is 7. The fourth-order valence-electron chi connectivity index (χ4n) is 1.51. The molecule has 1 aromatic rings. The molecule has 2 N–H and O–H groups in total. The zero-order valence-corrected chi connectivity index (χ0v) is 11.1. The van der Waals surface area contributed by atoms with Crippen molar-refractivity contribution in [3.8, 4) is 0 Å². The first-order valence-corrected chi connectivity index (χ1v) is 6.68. The molecule has 92 valence electrons. The molecule has 0 saturated carbocycles. The molecule has 0 aliphatic carbocycles. The van der Waals surface area contributed by atoms with Crippen molar-refractivity contribution in [3.05, 3.63) is 5.01 Å². The van der Waals surface area contributed by atoms with Crippen molar-refractivity contribution in [1.82, 2.24) is 10.2 Å². The number of hydrogen-bond donors (Lipinski definition) is 2. The molecule has 5 heteroatoms. The Morgan fingerprint density at radius 1 is 1.25 bits per heavy atom. The van der Waals surface area contributed by atoms with Crippen LogP contribution in [0.25, 0.3) is 0 Å². The Balaban J connectivity index is 2.55. The molecule has 1 rings (SSSR count). The summed E-state index contributed by atoms with van der Waals surface area (Å²) in [6.45, 7) is 7.26. The van der Waals surface area contributed by atoms with Crippen LogP contribution in [0.1, 0.15) is 38.6 Å². The number of aliphatic hydroxyl groups excluding tert-OH is 1. The average Bonchev–Trinajstić information content (AvgIpc) is 2.80. The SMILES string of the molecule is CCc1nnc(NCC(CC)(CC)CO)s1. The lowest BCUT2D eigenvalue weighted by molar-refractivity contribution is 0.127. The highest BCUT2D eigenvalue weighted by Crippen LogP contribution is 2.26. The highest BCUT2D eigenvalue weighted by molar-refractivity contribution is 7.15. The van der Waals surface area contributed by atoms with Crippen molar-refractivity contribution in [2.45, 2.75) is 40.0 Å². The van der Waals surface area contributed by atoms with Crippen LogP contribution >= 0.6 is 11.3 Å². The molecule has 1 aromatic heterocycles. The number of aryl methyl sites for hydroxylation is 1. The Morgan fingerprint density at radius 3 is 2.38 bits per heavy atom. The number of aromatic nitrogens is 2. The molecule has 16 heavy (non-hydrogen) atoms. The molecular weight excluding hydrogens is 222 g/mol. The summed E-state index contributed by atoms with van der Waals surface area (Å²) >= 11 is 1.59. The summed E-state index contributed by atoms with van der Waals surface area (Å²) in [7, 11) is 0. The second-order valence-corrected chi connectivity index (χ2v) is 5.14. The minimum Gasteiger partial charge on any atom is -0.396 e. The molecule has 0 amide bonds. The van der Waals surface area contributed by atoms with E-state index in [0.717, 1.165) is 35.9 Å². The number of nitrogens with zero attached hydrogens (tertiary/aromatic N) is 2. The summed E-state index contributed by atoms with van der Waals surface area (Å²) in [5.74, 6) is 0. The maximum absolute atomic E-state index is 9.43. The third-order valence-corrected chi connectivity index (χ3v) is 4.24. The zero-order chi connectivity index (χ0) is 12.0. The van der Waals surface area contributed by atoms with E-state index >= 15 is 0 Å². The topological polar surface area (TPSA) is 58.0 Å². The van der Waals surface area contributed by atoms with E-state index < -0.39 is 0 Å². The fraction of sp³-hybridized carbons (Fsp3) is 0.818. The van der Waals surface area contributed by atoms with Gasteiger partial charge in [-0.25, -0.2) is 0 Å². The summed E-state index contributed by atoms with van der Waals surface area (Å²) in [4.78, 5) is 0. The molecule has 0 aliphatic rings. The average molecular weight is 243 g/mol. The van der Waals surface area contributed by atoms with Gasteiger partial charge < -0.3 is 10.4 Å². The van der Waals surface area contributed by atoms with Crippen LogP contribution in [0.4, 0.5) is 5.13 Å². The molecule has 0 unspecified atom stereocenters. The maximum Gasteiger partial charge on any atom is 0.205 e. The van der Waals surface area contributed by atoms with Gasteiger partial charge in [-0.3, -0.25) is 0 Å². The molecule has 0 bridgehead atoms. The van der Waals surface area contributed by atoms with Gasteiger partial charge in [0.15, 0.2) is 0 Å². The molecule has 0 saturated heterocycles. The van der Waals surface area contributed by atoms with Gasteiger partial charge in [-0.1, -0.05) is 32.1 Å². The summed E-state index contributed by atoms with van der Waals surface area (Å²) in [6.07, 6.45) is 2.85. The standard InChI is InChI=1S/C11H21N3OS/c1-4-9-13-14-10(16-9)12-7-11(5-2,6-3)8-15/h15H,4-8H2,1-3H3,(H,12,14). The van der Waals surface area contributed by atoms with E-state index in [-0.39, 0.29) is 12.0 Å². The molecule has 0 spiro atoms. The Labute approximate surface area is 101 Å². The molecule has 4 nitrogen and oxygen atoms in total. The van der Waals surface area contributed by atoms with Crippen molar-refractivity contribution < 1.29 is 5.11 Å². The van der Waals surface area contributed by atoms with Crippen LogP contribution in [-0.2, 0) is 6.42 Å². The fourth-order valence-corrected chi connectivity index (χ4v) is 2.19. The van der Waals surface area contributed by atoms with Crippen molar-refractivity contribution in [1.29, 1.82) is 0 Å². The quantitative estimate of drug-likeness (QED) is 0.771. The normalized spacial score (nSPS) is 11.8. The van der Waals surface area contributed by atoms with Crippen molar-refractivity contribution in [2.75, 3.05) is 18.5 Å². The zero-order valence-electron chi connectivity index (χ0n) is 10.3. The summed E-state index contributed by atoms with van der Waals surface area (Å²) in [5, 5.41) is 22.7. The lowest BCUT2D eigenvalue weighted by Gasteiger charge is -2.29. The second-order valence-electron chi connectivity index (χ2n) is 4.07. The molecule has 0 atom stereocenters. The van der Waals surface area contributed by atoms with E-state index in [9.17, 15) is 5.11 Å². The molecular formula is C11H21N3OS. The number of nitrogens with one attached hydrogen (secondary N) is 1. The van der Waals surface area contributed by atoms with Gasteiger partial charge in [0.1, 0.15) is 5.01 Å². The molecule has 0 aliphatic heterocycles. The minimum atomic E-state index is -0.0297. The van der Waals surface area contributed by atoms with Gasteiger partial charge in [0.2, 0.25) is 5.13 Å². The van der Waals surface area contributed by atoms with Crippen molar-refractivity contribution in [2.24, 2.45) is 5.41 Å². The Bertz CT molecular complexity index is 302. The smallest absolute Gasteiger partial charge is 0.205 e. The Morgan fingerprint density at radius 2 is 1.94 bits per heavy atom. The van der Waals surface area contributed by atoms with E-state index in [4.69, 9.17) is 0 Å². The highest BCUT2D eigenvalue weighted by atomic mass is 32.1. The van der Waals surface area contributed by atoms with Crippen LogP contribution in [0.5, 0.6) is 0 Å². The van der Waals surface area contributed by atoms with Gasteiger partial charge in [0, 0.05) is 12.0 Å². The first-order chi connectivity index (χ1) is 7.69. The molecule has 0 aromatic carbocycles. The van der Waals surface area contributed by atoms with E-state index in [0.29, 0.717) is 0 Å². The van der Waals surface area contributed by atoms with Gasteiger partial charge in [-0.2, -0.15) is 0 Å². The summed E-state index contributed by atoms with van der Waals surface area (Å²) in [5.41, 5.74) is -0.0297. The monoisotopic (exact) mass is 243 g/mol. The number of hydrogen-bond acceptors (Lipinski definition) is 5. The Kier molecular flexibility index (Phi) is 5.15. The number of aliphatic hydroxyl groups is 1. The van der Waals surface area contributed by atoms with Gasteiger partial charge in [0.05, 0.1) is 6.61 Å². The van der Waals surface area contributed by atoms with E-state index in [2.05, 4.69) is 36.3 Å². The largest absolute Gasteiger partial charge is 0.396 e. The van der Waals surface area contributed by atoms with E-state index in [1.807, 2.05) is 0 Å². The predicted octanol–water partition coefficient (Wildman–Crippen LogP) is 2.31. The van der Waals surface area contributed by atoms with Gasteiger partial charge in [0.25, 0.3) is 0 Å².